The Morgan fingerprint density at radius 1 is 1.06 bits per heavy atom. The van der Waals surface area contributed by atoms with Crippen molar-refractivity contribution < 1.29 is 23.1 Å². The summed E-state index contributed by atoms with van der Waals surface area (Å²) in [5, 5.41) is 0. The van der Waals surface area contributed by atoms with E-state index in [9.17, 15) is 14.0 Å². The maximum Gasteiger partial charge on any atom is 0.275 e. The predicted octanol–water partition coefficient (Wildman–Crippen LogP) is 1.45. The van der Waals surface area contributed by atoms with Crippen LogP contribution in [0.3, 0.4) is 0 Å². The van der Waals surface area contributed by atoms with E-state index in [0.717, 1.165) is 45.0 Å². The van der Waals surface area contributed by atoms with Crippen LogP contribution in [0, 0.1) is 5.82 Å². The monoisotopic (exact) mass is 473 g/mol. The lowest BCUT2D eigenvalue weighted by molar-refractivity contribution is -0.130. The van der Waals surface area contributed by atoms with Crippen molar-refractivity contribution in [2.75, 3.05) is 65.6 Å². The van der Waals surface area contributed by atoms with Crippen LogP contribution in [-0.2, 0) is 22.6 Å². The molecule has 2 aliphatic heterocycles. The first-order valence-corrected chi connectivity index (χ1v) is 11.7. The lowest BCUT2D eigenvalue weighted by Crippen LogP contribution is -2.50. The number of ether oxygens (including phenoxy) is 1. The summed E-state index contributed by atoms with van der Waals surface area (Å²) in [7, 11) is 0. The van der Waals surface area contributed by atoms with Gasteiger partial charge in [0, 0.05) is 65.8 Å². The molecule has 1 aromatic heterocycles. The van der Waals surface area contributed by atoms with Gasteiger partial charge in [-0.3, -0.25) is 19.4 Å². The number of piperazine rings is 1. The fourth-order valence-corrected chi connectivity index (χ4v) is 4.27. The third-order valence-electron chi connectivity index (χ3n) is 6.27. The number of rotatable bonds is 8. The maximum atomic E-state index is 13.7. The van der Waals surface area contributed by atoms with Gasteiger partial charge in [0.15, 0.2) is 5.69 Å². The summed E-state index contributed by atoms with van der Waals surface area (Å²) in [5.74, 6) is 0.0121. The van der Waals surface area contributed by atoms with E-state index in [-0.39, 0.29) is 23.3 Å². The topological polar surface area (TPSA) is 82.4 Å². The molecule has 2 fully saturated rings. The molecule has 10 heteroatoms. The van der Waals surface area contributed by atoms with Gasteiger partial charge in [-0.1, -0.05) is 12.1 Å². The van der Waals surface area contributed by atoms with Crippen molar-refractivity contribution in [2.24, 2.45) is 0 Å². The zero-order chi connectivity index (χ0) is 23.9. The second kappa shape index (κ2) is 11.5. The van der Waals surface area contributed by atoms with Crippen molar-refractivity contribution in [3.63, 3.8) is 0 Å². The highest BCUT2D eigenvalue weighted by Crippen LogP contribution is 2.14. The maximum absolute atomic E-state index is 13.7. The molecule has 0 bridgehead atoms. The normalized spacial score (nSPS) is 17.4. The van der Waals surface area contributed by atoms with Gasteiger partial charge in [-0.05, 0) is 17.7 Å². The first-order chi connectivity index (χ1) is 16.5. The molecule has 2 amide bonds. The van der Waals surface area contributed by atoms with E-state index in [1.165, 1.54) is 25.3 Å². The molecule has 34 heavy (non-hydrogen) atoms. The predicted molar refractivity (Wildman–Crippen MR) is 122 cm³/mol. The Morgan fingerprint density at radius 2 is 1.79 bits per heavy atom. The standard InChI is InChI=1S/C24H32FN5O4/c1-19(31)29-7-9-30(10-8-29)24(32)22-18-34-23(26-22)17-28(6-5-27-11-13-33-14-12-27)16-20-3-2-4-21(25)15-20/h2-4,15,18H,5-14,16-17H2,1H3. The highest BCUT2D eigenvalue weighted by Gasteiger charge is 2.25. The molecule has 4 rings (SSSR count). The molecule has 2 saturated heterocycles. The molecular formula is C24H32FN5O4. The Labute approximate surface area is 199 Å². The Kier molecular flexibility index (Phi) is 8.25. The molecule has 0 aliphatic carbocycles. The molecule has 3 heterocycles. The van der Waals surface area contributed by atoms with E-state index < -0.39 is 0 Å². The van der Waals surface area contributed by atoms with Crippen molar-refractivity contribution in [1.29, 1.82) is 0 Å². The van der Waals surface area contributed by atoms with Crippen LogP contribution in [0.15, 0.2) is 34.9 Å². The number of amides is 2. The average molecular weight is 474 g/mol. The van der Waals surface area contributed by atoms with Gasteiger partial charge < -0.3 is 19.0 Å². The van der Waals surface area contributed by atoms with Crippen LogP contribution in [-0.4, -0.2) is 102 Å². The molecule has 0 N–H and O–H groups in total. The first-order valence-electron chi connectivity index (χ1n) is 11.7. The fourth-order valence-electron chi connectivity index (χ4n) is 4.27. The van der Waals surface area contributed by atoms with Crippen LogP contribution in [0.4, 0.5) is 4.39 Å². The molecule has 2 aromatic rings. The van der Waals surface area contributed by atoms with Gasteiger partial charge in [0.25, 0.3) is 5.91 Å². The number of halogens is 1. The highest BCUT2D eigenvalue weighted by molar-refractivity contribution is 5.92. The molecule has 0 saturated carbocycles. The van der Waals surface area contributed by atoms with Crippen LogP contribution in [0.5, 0.6) is 0 Å². The number of oxazole rings is 1. The zero-order valence-electron chi connectivity index (χ0n) is 19.6. The minimum atomic E-state index is -0.264. The van der Waals surface area contributed by atoms with Gasteiger partial charge in [-0.15, -0.1) is 0 Å². The molecular weight excluding hydrogens is 441 g/mol. The van der Waals surface area contributed by atoms with Gasteiger partial charge in [-0.25, -0.2) is 9.37 Å². The van der Waals surface area contributed by atoms with Crippen LogP contribution in [0.25, 0.3) is 0 Å². The SMILES string of the molecule is CC(=O)N1CCN(C(=O)c2coc(CN(CCN3CCOCC3)Cc3cccc(F)c3)n2)CC1. The molecule has 1 aromatic carbocycles. The highest BCUT2D eigenvalue weighted by atomic mass is 19.1. The molecule has 184 valence electrons. The van der Waals surface area contributed by atoms with E-state index in [2.05, 4.69) is 14.8 Å². The summed E-state index contributed by atoms with van der Waals surface area (Å²) >= 11 is 0. The minimum absolute atomic E-state index is 0.0197. The first kappa shape index (κ1) is 24.3. The van der Waals surface area contributed by atoms with Crippen LogP contribution < -0.4 is 0 Å². The van der Waals surface area contributed by atoms with Gasteiger partial charge in [-0.2, -0.15) is 0 Å². The number of hydrogen-bond donors (Lipinski definition) is 0. The summed E-state index contributed by atoms with van der Waals surface area (Å²) in [6.45, 7) is 9.33. The summed E-state index contributed by atoms with van der Waals surface area (Å²) in [4.78, 5) is 36.7. The number of carbonyl (C=O) groups excluding carboxylic acids is 2. The second-order valence-corrected chi connectivity index (χ2v) is 8.72. The lowest BCUT2D eigenvalue weighted by atomic mass is 10.2. The van der Waals surface area contributed by atoms with Crippen molar-refractivity contribution >= 4 is 11.8 Å². The van der Waals surface area contributed by atoms with Gasteiger partial charge >= 0.3 is 0 Å². The van der Waals surface area contributed by atoms with Crippen molar-refractivity contribution in [3.8, 4) is 0 Å². The second-order valence-electron chi connectivity index (χ2n) is 8.72. The van der Waals surface area contributed by atoms with Crippen LogP contribution >= 0.6 is 0 Å². The Balaban J connectivity index is 1.38. The molecule has 9 nitrogen and oxygen atoms in total. The molecule has 0 unspecified atom stereocenters. The molecule has 2 aliphatic rings. The quantitative estimate of drug-likeness (QED) is 0.574. The summed E-state index contributed by atoms with van der Waals surface area (Å²) in [5.41, 5.74) is 1.14. The van der Waals surface area contributed by atoms with Crippen molar-refractivity contribution in [1.82, 2.24) is 24.6 Å². The van der Waals surface area contributed by atoms with Crippen molar-refractivity contribution in [2.45, 2.75) is 20.0 Å². The Hall–Kier alpha value is -2.82. The summed E-state index contributed by atoms with van der Waals surface area (Å²) in [6, 6.07) is 6.57. The van der Waals surface area contributed by atoms with E-state index in [0.29, 0.717) is 45.2 Å². The zero-order valence-corrected chi connectivity index (χ0v) is 19.6. The number of morpholine rings is 1. The fraction of sp³-hybridized carbons (Fsp3) is 0.542. The van der Waals surface area contributed by atoms with E-state index in [1.54, 1.807) is 15.9 Å². The summed E-state index contributed by atoms with van der Waals surface area (Å²) < 4.78 is 24.8. The molecule has 0 spiro atoms. The largest absolute Gasteiger partial charge is 0.447 e. The third kappa shape index (κ3) is 6.62. The number of carbonyl (C=O) groups is 2. The van der Waals surface area contributed by atoms with E-state index >= 15 is 0 Å². The number of hydrogen-bond acceptors (Lipinski definition) is 7. The number of aromatic nitrogens is 1. The van der Waals surface area contributed by atoms with Crippen LogP contribution in [0.1, 0.15) is 28.9 Å². The summed E-state index contributed by atoms with van der Waals surface area (Å²) in [6.07, 6.45) is 1.40. The van der Waals surface area contributed by atoms with Crippen molar-refractivity contribution in [3.05, 3.63) is 53.5 Å². The van der Waals surface area contributed by atoms with Gasteiger partial charge in [0.1, 0.15) is 12.1 Å². The smallest absolute Gasteiger partial charge is 0.275 e. The minimum Gasteiger partial charge on any atom is -0.447 e. The Morgan fingerprint density at radius 3 is 2.50 bits per heavy atom. The van der Waals surface area contributed by atoms with Gasteiger partial charge in [0.05, 0.1) is 19.8 Å². The van der Waals surface area contributed by atoms with E-state index in [1.807, 2.05) is 6.07 Å². The molecule has 0 atom stereocenters. The average Bonchev–Trinajstić information content (AvgIpc) is 3.31. The van der Waals surface area contributed by atoms with Crippen LogP contribution in [0.2, 0.25) is 0 Å². The van der Waals surface area contributed by atoms with E-state index in [4.69, 9.17) is 9.15 Å². The number of benzene rings is 1. The number of nitrogens with zero attached hydrogens (tertiary/aromatic N) is 5. The Bertz CT molecular complexity index is 970. The lowest BCUT2D eigenvalue weighted by Gasteiger charge is -2.33. The molecule has 0 radical (unpaired) electrons. The third-order valence-corrected chi connectivity index (χ3v) is 6.27. The van der Waals surface area contributed by atoms with Gasteiger partial charge in [0.2, 0.25) is 11.8 Å².